The minimum atomic E-state index is 0.476. The van der Waals surface area contributed by atoms with Crippen molar-refractivity contribution in [2.45, 2.75) is 117 Å². The molecule has 0 spiro atoms. The molecule has 4 heteroatoms. The molecule has 0 atom stereocenters. The van der Waals surface area contributed by atoms with Crippen LogP contribution >= 0.6 is 24.8 Å². The van der Waals surface area contributed by atoms with Crippen LogP contribution in [-0.4, -0.2) is 21.3 Å². The van der Waals surface area contributed by atoms with Gasteiger partial charge in [0.1, 0.15) is 0 Å². The third kappa shape index (κ3) is 15.5. The molecule has 0 aromatic rings. The molecule has 0 aliphatic carbocycles. The fourth-order valence-electron chi connectivity index (χ4n) is 3.31. The van der Waals surface area contributed by atoms with E-state index in [0.29, 0.717) is 8.21 Å². The molecule has 0 heterocycles. The second-order valence-electron chi connectivity index (χ2n) is 7.57. The third-order valence-electron chi connectivity index (χ3n) is 5.09. The minimum Gasteiger partial charge on any atom is -0.486 e. The van der Waals surface area contributed by atoms with E-state index in [1.54, 1.807) is 0 Å². The van der Waals surface area contributed by atoms with Crippen LogP contribution in [0.5, 0.6) is 0 Å². The highest BCUT2D eigenvalue weighted by Gasteiger charge is 2.17. The lowest BCUT2D eigenvalue weighted by Crippen LogP contribution is -2.46. The SMILES string of the molecule is CCCCCCCCCC[N+]([S-])(CCCCCCCCCC)C(=S)S. The van der Waals surface area contributed by atoms with E-state index in [1.807, 2.05) is 0 Å². The van der Waals surface area contributed by atoms with Crippen molar-refractivity contribution >= 4 is 42.0 Å². The maximum absolute atomic E-state index is 5.82. The van der Waals surface area contributed by atoms with Crippen molar-refractivity contribution in [2.75, 3.05) is 13.1 Å². The molecule has 0 aromatic heterocycles. The number of hydrogen-bond donors (Lipinski definition) is 1. The molecule has 0 saturated heterocycles. The Morgan fingerprint density at radius 1 is 0.640 bits per heavy atom. The Labute approximate surface area is 175 Å². The van der Waals surface area contributed by atoms with Gasteiger partial charge in [-0.25, -0.2) is 0 Å². The number of quaternary nitrogens is 1. The van der Waals surface area contributed by atoms with E-state index in [2.05, 4.69) is 26.5 Å². The van der Waals surface area contributed by atoms with Gasteiger partial charge in [-0.1, -0.05) is 104 Å². The lowest BCUT2D eigenvalue weighted by Gasteiger charge is -2.42. The summed E-state index contributed by atoms with van der Waals surface area (Å²) in [6.45, 7) is 6.52. The van der Waals surface area contributed by atoms with Crippen LogP contribution in [0, 0.1) is 0 Å². The predicted molar refractivity (Wildman–Crippen MR) is 124 cm³/mol. The van der Waals surface area contributed by atoms with Gasteiger partial charge in [0, 0.05) is 0 Å². The van der Waals surface area contributed by atoms with Crippen molar-refractivity contribution in [2.24, 2.45) is 0 Å². The monoisotopic (exact) mass is 405 g/mol. The van der Waals surface area contributed by atoms with Crippen molar-refractivity contribution < 1.29 is 3.89 Å². The lowest BCUT2D eigenvalue weighted by atomic mass is 10.1. The Hall–Kier alpha value is 0.750. The summed E-state index contributed by atoms with van der Waals surface area (Å²) in [4.78, 5) is 0. The van der Waals surface area contributed by atoms with Gasteiger partial charge in [0.25, 0.3) is 0 Å². The summed E-state index contributed by atoms with van der Waals surface area (Å²) >= 11 is 15.6. The molecule has 0 radical (unpaired) electrons. The van der Waals surface area contributed by atoms with Crippen LogP contribution in [0.2, 0.25) is 0 Å². The summed E-state index contributed by atoms with van der Waals surface area (Å²) in [5.41, 5.74) is 0. The molecule has 0 amide bonds. The van der Waals surface area contributed by atoms with Crippen molar-refractivity contribution in [3.63, 3.8) is 0 Å². The molecular formula is C21H43NS3. The molecule has 25 heavy (non-hydrogen) atoms. The maximum Gasteiger partial charge on any atom is 0.212 e. The van der Waals surface area contributed by atoms with Crippen molar-refractivity contribution in [1.29, 1.82) is 0 Å². The van der Waals surface area contributed by atoms with Crippen LogP contribution in [0.1, 0.15) is 117 Å². The van der Waals surface area contributed by atoms with E-state index < -0.39 is 0 Å². The summed E-state index contributed by atoms with van der Waals surface area (Å²) in [5, 5.41) is 0. The first kappa shape index (κ1) is 25.8. The molecule has 0 aliphatic rings. The number of rotatable bonds is 18. The van der Waals surface area contributed by atoms with Gasteiger partial charge < -0.3 is 16.7 Å². The van der Waals surface area contributed by atoms with Gasteiger partial charge in [0.05, 0.1) is 13.1 Å². The Morgan fingerprint density at radius 2 is 0.920 bits per heavy atom. The number of thiocarbonyl (C=S) groups is 1. The van der Waals surface area contributed by atoms with Crippen LogP contribution in [0.15, 0.2) is 0 Å². The second-order valence-corrected chi connectivity index (χ2v) is 9.38. The zero-order valence-corrected chi connectivity index (χ0v) is 19.5. The molecule has 0 rings (SSSR count). The van der Waals surface area contributed by atoms with Gasteiger partial charge in [-0.05, 0) is 37.9 Å². The average molecular weight is 406 g/mol. The van der Waals surface area contributed by atoms with E-state index in [-0.39, 0.29) is 0 Å². The number of unbranched alkanes of at least 4 members (excludes halogenated alkanes) is 14. The summed E-state index contributed by atoms with van der Waals surface area (Å²) in [7, 11) is 0. The summed E-state index contributed by atoms with van der Waals surface area (Å²) in [5.74, 6) is 0. The quantitative estimate of drug-likeness (QED) is 0.0813. The Balaban J connectivity index is 3.73. The van der Waals surface area contributed by atoms with Crippen molar-refractivity contribution in [3.05, 3.63) is 0 Å². The summed E-state index contributed by atoms with van der Waals surface area (Å²) in [6.07, 6.45) is 21.4. The van der Waals surface area contributed by atoms with Crippen LogP contribution in [0.4, 0.5) is 0 Å². The smallest absolute Gasteiger partial charge is 0.212 e. The van der Waals surface area contributed by atoms with E-state index in [1.165, 1.54) is 103 Å². The highest BCUT2D eigenvalue weighted by Crippen LogP contribution is 2.17. The first-order valence-corrected chi connectivity index (χ1v) is 12.1. The molecule has 1 nitrogen and oxygen atoms in total. The molecule has 0 saturated carbocycles. The Bertz CT molecular complexity index is 288. The normalized spacial score (nSPS) is 11.8. The third-order valence-corrected chi connectivity index (χ3v) is 6.63. The highest BCUT2D eigenvalue weighted by molar-refractivity contribution is 8.10. The fraction of sp³-hybridized carbons (Fsp3) is 0.952. The first-order chi connectivity index (χ1) is 12.1. The predicted octanol–water partition coefficient (Wildman–Crippen LogP) is 7.76. The van der Waals surface area contributed by atoms with Crippen LogP contribution in [0.3, 0.4) is 0 Å². The van der Waals surface area contributed by atoms with Gasteiger partial charge in [0.15, 0.2) is 0 Å². The van der Waals surface area contributed by atoms with Crippen molar-refractivity contribution in [3.8, 4) is 0 Å². The summed E-state index contributed by atoms with van der Waals surface area (Å²) < 4.78 is 1.17. The van der Waals surface area contributed by atoms with Crippen LogP contribution < -0.4 is 0 Å². The molecule has 0 N–H and O–H groups in total. The average Bonchev–Trinajstić information content (AvgIpc) is 2.59. The van der Waals surface area contributed by atoms with Gasteiger partial charge in [-0.2, -0.15) is 0 Å². The molecular weight excluding hydrogens is 362 g/mol. The highest BCUT2D eigenvalue weighted by atomic mass is 32.1. The Morgan fingerprint density at radius 3 is 1.20 bits per heavy atom. The number of hydrogen-bond acceptors (Lipinski definition) is 2. The van der Waals surface area contributed by atoms with Crippen LogP contribution in [0.25, 0.3) is 0 Å². The van der Waals surface area contributed by atoms with Gasteiger partial charge in [-0.15, -0.1) is 0 Å². The van der Waals surface area contributed by atoms with E-state index in [4.69, 9.17) is 25.0 Å². The summed E-state index contributed by atoms with van der Waals surface area (Å²) in [6, 6.07) is 0. The van der Waals surface area contributed by atoms with Gasteiger partial charge in [0.2, 0.25) is 4.32 Å². The molecule has 0 fully saturated rings. The zero-order chi connectivity index (χ0) is 18.8. The van der Waals surface area contributed by atoms with Gasteiger partial charge >= 0.3 is 0 Å². The second kappa shape index (κ2) is 18.1. The molecule has 0 bridgehead atoms. The minimum absolute atomic E-state index is 0.476. The van der Waals surface area contributed by atoms with Gasteiger partial charge in [-0.3, -0.25) is 0 Å². The standard InChI is InChI=1S/C21H43NS3/c1-3-5-7-9-11-13-15-17-19-22(25,21(23)24)20-18-16-14-12-10-8-6-4-2/h3-20H2,1-2H3,(H,23,24). The molecule has 0 aromatic carbocycles. The van der Waals surface area contributed by atoms with Crippen molar-refractivity contribution in [1.82, 2.24) is 0 Å². The van der Waals surface area contributed by atoms with E-state index >= 15 is 0 Å². The lowest BCUT2D eigenvalue weighted by molar-refractivity contribution is -0.691. The van der Waals surface area contributed by atoms with E-state index in [9.17, 15) is 0 Å². The first-order valence-electron chi connectivity index (χ1n) is 10.9. The molecule has 150 valence electrons. The number of nitrogens with zero attached hydrogens (tertiary/aromatic N) is 1. The topological polar surface area (TPSA) is 0 Å². The van der Waals surface area contributed by atoms with Crippen LogP contribution in [-0.2, 0) is 12.8 Å². The molecule has 0 unspecified atom stereocenters. The maximum atomic E-state index is 5.82. The zero-order valence-electron chi connectivity index (χ0n) is 16.9. The Kier molecular flexibility index (Phi) is 18.7. The fourth-order valence-corrected chi connectivity index (χ4v) is 3.95. The number of thiol groups is 1. The largest absolute Gasteiger partial charge is 0.486 e. The van der Waals surface area contributed by atoms with E-state index in [0.717, 1.165) is 13.1 Å². The molecule has 0 aliphatic heterocycles.